The Morgan fingerprint density at radius 2 is 2.25 bits per heavy atom. The maximum absolute atomic E-state index is 11.7. The van der Waals surface area contributed by atoms with Crippen LogP contribution in [0, 0.1) is 12.3 Å². The van der Waals surface area contributed by atoms with Gasteiger partial charge in [0.05, 0.1) is 0 Å². The second-order valence-electron chi connectivity index (χ2n) is 4.89. The second kappa shape index (κ2) is 3.77. The topological polar surface area (TPSA) is 62.0 Å². The van der Waals surface area contributed by atoms with Gasteiger partial charge in [-0.1, -0.05) is 6.92 Å². The van der Waals surface area contributed by atoms with Crippen molar-refractivity contribution in [3.8, 4) is 0 Å². The van der Waals surface area contributed by atoms with Crippen molar-refractivity contribution < 1.29 is 4.79 Å². The van der Waals surface area contributed by atoms with Gasteiger partial charge in [-0.2, -0.15) is 0 Å². The van der Waals surface area contributed by atoms with Crippen LogP contribution < -0.4 is 10.7 Å². The molecule has 4 nitrogen and oxygen atoms in total. The van der Waals surface area contributed by atoms with Crippen LogP contribution in [-0.4, -0.2) is 17.4 Å². The SMILES string of the molecule is Cc1cc(=O)c(C(=O)NCC2(C)CC2)c[nH]1. The van der Waals surface area contributed by atoms with Gasteiger partial charge in [-0.05, 0) is 25.2 Å². The smallest absolute Gasteiger partial charge is 0.256 e. The van der Waals surface area contributed by atoms with Crippen LogP contribution in [0.4, 0.5) is 0 Å². The number of aryl methyl sites for hydroxylation is 1. The summed E-state index contributed by atoms with van der Waals surface area (Å²) >= 11 is 0. The number of pyridine rings is 1. The Morgan fingerprint density at radius 1 is 1.56 bits per heavy atom. The fraction of sp³-hybridized carbons (Fsp3) is 0.500. The van der Waals surface area contributed by atoms with E-state index in [2.05, 4.69) is 17.2 Å². The van der Waals surface area contributed by atoms with Crippen LogP contribution in [-0.2, 0) is 0 Å². The Bertz CT molecular complexity index is 472. The van der Waals surface area contributed by atoms with Crippen LogP contribution in [0.2, 0.25) is 0 Å². The molecule has 1 saturated carbocycles. The van der Waals surface area contributed by atoms with E-state index in [4.69, 9.17) is 0 Å². The molecule has 1 amide bonds. The van der Waals surface area contributed by atoms with E-state index in [-0.39, 0.29) is 22.3 Å². The van der Waals surface area contributed by atoms with Crippen LogP contribution in [0.3, 0.4) is 0 Å². The van der Waals surface area contributed by atoms with Crippen molar-refractivity contribution in [1.82, 2.24) is 10.3 Å². The van der Waals surface area contributed by atoms with Crippen molar-refractivity contribution in [3.05, 3.63) is 33.7 Å². The summed E-state index contributed by atoms with van der Waals surface area (Å²) in [6, 6.07) is 1.44. The first-order valence-corrected chi connectivity index (χ1v) is 5.48. The molecule has 0 saturated heterocycles. The second-order valence-corrected chi connectivity index (χ2v) is 4.89. The van der Waals surface area contributed by atoms with Gasteiger partial charge >= 0.3 is 0 Å². The van der Waals surface area contributed by atoms with E-state index in [1.807, 2.05) is 0 Å². The number of H-pyrrole nitrogens is 1. The highest BCUT2D eigenvalue weighted by atomic mass is 16.2. The van der Waals surface area contributed by atoms with Gasteiger partial charge in [0.25, 0.3) is 5.91 Å². The van der Waals surface area contributed by atoms with Crippen LogP contribution in [0.15, 0.2) is 17.1 Å². The fourth-order valence-electron chi connectivity index (χ4n) is 1.53. The lowest BCUT2D eigenvalue weighted by molar-refractivity contribution is 0.0944. The average molecular weight is 220 g/mol. The molecule has 0 unspecified atom stereocenters. The van der Waals surface area contributed by atoms with Crippen LogP contribution in [0.25, 0.3) is 0 Å². The highest BCUT2D eigenvalue weighted by Gasteiger charge is 2.37. The van der Waals surface area contributed by atoms with Gasteiger partial charge in [0, 0.05) is 24.5 Å². The number of aromatic nitrogens is 1. The van der Waals surface area contributed by atoms with Gasteiger partial charge in [-0.25, -0.2) is 0 Å². The largest absolute Gasteiger partial charge is 0.364 e. The number of carbonyl (C=O) groups excluding carboxylic acids is 1. The molecule has 0 aliphatic heterocycles. The number of aromatic amines is 1. The van der Waals surface area contributed by atoms with Gasteiger partial charge < -0.3 is 10.3 Å². The van der Waals surface area contributed by atoms with Crippen LogP contribution in [0.5, 0.6) is 0 Å². The van der Waals surface area contributed by atoms with Crippen molar-refractivity contribution in [2.45, 2.75) is 26.7 Å². The predicted octanol–water partition coefficient (Wildman–Crippen LogP) is 1.21. The quantitative estimate of drug-likeness (QED) is 0.804. The Balaban J connectivity index is 2.06. The van der Waals surface area contributed by atoms with Crippen molar-refractivity contribution in [2.75, 3.05) is 6.54 Å². The van der Waals surface area contributed by atoms with Crippen molar-refractivity contribution in [1.29, 1.82) is 0 Å². The number of amides is 1. The van der Waals surface area contributed by atoms with Crippen molar-refractivity contribution in [3.63, 3.8) is 0 Å². The lowest BCUT2D eigenvalue weighted by Gasteiger charge is -2.09. The standard InChI is InChI=1S/C12H16N2O2/c1-8-5-10(15)9(6-13-8)11(16)14-7-12(2)3-4-12/h5-6H,3-4,7H2,1-2H3,(H,13,15)(H,14,16). The van der Waals surface area contributed by atoms with E-state index in [0.717, 1.165) is 18.5 Å². The van der Waals surface area contributed by atoms with Crippen LogP contribution >= 0.6 is 0 Å². The number of nitrogens with one attached hydrogen (secondary N) is 2. The molecular formula is C12H16N2O2. The Labute approximate surface area is 94.1 Å². The van der Waals surface area contributed by atoms with Gasteiger partial charge in [0.1, 0.15) is 5.56 Å². The normalized spacial score (nSPS) is 16.9. The molecule has 0 spiro atoms. The minimum absolute atomic E-state index is 0.190. The Morgan fingerprint density at radius 3 is 2.81 bits per heavy atom. The summed E-state index contributed by atoms with van der Waals surface area (Å²) in [5.41, 5.74) is 0.980. The Hall–Kier alpha value is -1.58. The summed E-state index contributed by atoms with van der Waals surface area (Å²) in [5, 5.41) is 2.80. The first kappa shape index (κ1) is 10.9. The summed E-state index contributed by atoms with van der Waals surface area (Å²) in [7, 11) is 0. The van der Waals surface area contributed by atoms with E-state index < -0.39 is 0 Å². The fourth-order valence-corrected chi connectivity index (χ4v) is 1.53. The summed E-state index contributed by atoms with van der Waals surface area (Å²) in [5.74, 6) is -0.283. The Kier molecular flexibility index (Phi) is 2.58. The van der Waals surface area contributed by atoms with Gasteiger partial charge in [0.15, 0.2) is 5.43 Å². The van der Waals surface area contributed by atoms with Crippen LogP contribution in [0.1, 0.15) is 35.8 Å². The molecule has 2 rings (SSSR count). The lowest BCUT2D eigenvalue weighted by atomic mass is 10.1. The highest BCUT2D eigenvalue weighted by molar-refractivity contribution is 5.93. The first-order valence-electron chi connectivity index (χ1n) is 5.48. The van der Waals surface area contributed by atoms with Gasteiger partial charge in [-0.3, -0.25) is 9.59 Å². The van der Waals surface area contributed by atoms with E-state index in [1.54, 1.807) is 6.92 Å². The third kappa shape index (κ3) is 2.32. The molecule has 1 aliphatic carbocycles. The number of carbonyl (C=O) groups is 1. The van der Waals surface area contributed by atoms with Crippen molar-refractivity contribution >= 4 is 5.91 Å². The summed E-state index contributed by atoms with van der Waals surface area (Å²) < 4.78 is 0. The maximum atomic E-state index is 11.7. The van der Waals surface area contributed by atoms with E-state index in [9.17, 15) is 9.59 Å². The molecule has 0 radical (unpaired) electrons. The minimum Gasteiger partial charge on any atom is -0.364 e. The third-order valence-electron chi connectivity index (χ3n) is 3.08. The molecule has 16 heavy (non-hydrogen) atoms. The zero-order valence-electron chi connectivity index (χ0n) is 9.59. The summed E-state index contributed by atoms with van der Waals surface area (Å²) in [6.07, 6.45) is 3.78. The molecular weight excluding hydrogens is 204 g/mol. The molecule has 1 fully saturated rings. The molecule has 2 N–H and O–H groups in total. The predicted molar refractivity (Wildman–Crippen MR) is 61.5 cm³/mol. The molecule has 0 atom stereocenters. The van der Waals surface area contributed by atoms with E-state index in [1.165, 1.54) is 12.3 Å². The summed E-state index contributed by atoms with van der Waals surface area (Å²) in [4.78, 5) is 26.1. The van der Waals surface area contributed by atoms with E-state index in [0.29, 0.717) is 6.54 Å². The van der Waals surface area contributed by atoms with Gasteiger partial charge in [-0.15, -0.1) is 0 Å². The van der Waals surface area contributed by atoms with Crippen molar-refractivity contribution in [2.24, 2.45) is 5.41 Å². The van der Waals surface area contributed by atoms with E-state index >= 15 is 0 Å². The zero-order valence-corrected chi connectivity index (χ0v) is 9.59. The molecule has 0 aromatic carbocycles. The average Bonchev–Trinajstić information content (AvgIpc) is 2.94. The number of hydrogen-bond donors (Lipinski definition) is 2. The third-order valence-corrected chi connectivity index (χ3v) is 3.08. The number of rotatable bonds is 3. The molecule has 4 heteroatoms. The first-order chi connectivity index (χ1) is 7.50. The summed E-state index contributed by atoms with van der Waals surface area (Å²) in [6.45, 7) is 4.57. The highest BCUT2D eigenvalue weighted by Crippen LogP contribution is 2.43. The molecule has 1 heterocycles. The molecule has 1 aromatic heterocycles. The minimum atomic E-state index is -0.283. The molecule has 1 aromatic rings. The number of hydrogen-bond acceptors (Lipinski definition) is 2. The molecule has 0 bridgehead atoms. The lowest BCUT2D eigenvalue weighted by Crippen LogP contribution is -2.32. The zero-order chi connectivity index (χ0) is 11.8. The monoisotopic (exact) mass is 220 g/mol. The molecule has 1 aliphatic rings. The maximum Gasteiger partial charge on any atom is 0.256 e. The molecule has 86 valence electrons. The van der Waals surface area contributed by atoms with Gasteiger partial charge in [0.2, 0.25) is 0 Å².